The maximum Gasteiger partial charge on any atom is 0.315 e. The molecule has 0 aliphatic carbocycles. The molecule has 2 amide bonds. The van der Waals surface area contributed by atoms with Gasteiger partial charge in [0.15, 0.2) is 9.84 Å². The van der Waals surface area contributed by atoms with Crippen LogP contribution in [0, 0.1) is 0 Å². The lowest BCUT2D eigenvalue weighted by Crippen LogP contribution is -2.44. The van der Waals surface area contributed by atoms with Crippen LogP contribution < -0.4 is 10.6 Å². The van der Waals surface area contributed by atoms with Crippen LogP contribution in [0.1, 0.15) is 29.6 Å². The summed E-state index contributed by atoms with van der Waals surface area (Å²) >= 11 is 0. The number of carbonyl (C=O) groups excluding carboxylic acids is 1. The summed E-state index contributed by atoms with van der Waals surface area (Å²) in [5.41, 5.74) is 1.75. The third-order valence-corrected chi connectivity index (χ3v) is 6.95. The zero-order chi connectivity index (χ0) is 18.9. The molecule has 0 bridgehead atoms. The summed E-state index contributed by atoms with van der Waals surface area (Å²) in [6, 6.07) is 10.3. The van der Waals surface area contributed by atoms with Crippen molar-refractivity contribution < 1.29 is 17.9 Å². The highest BCUT2D eigenvalue weighted by atomic mass is 32.2. The maximum absolute atomic E-state index is 12.4. The number of sulfone groups is 1. The normalized spacial score (nSPS) is 25.7. The predicted molar refractivity (Wildman–Crippen MR) is 99.1 cm³/mol. The van der Waals surface area contributed by atoms with E-state index >= 15 is 0 Å². The number of benzene rings is 1. The monoisotopic (exact) mass is 387 g/mol. The molecule has 8 heteroatoms. The molecular weight excluding hydrogens is 366 g/mol. The van der Waals surface area contributed by atoms with Crippen LogP contribution in [0.3, 0.4) is 0 Å². The fourth-order valence-electron chi connectivity index (χ4n) is 3.77. The highest BCUT2D eigenvalue weighted by molar-refractivity contribution is 7.91. The molecule has 7 nitrogen and oxygen atoms in total. The molecule has 1 fully saturated rings. The van der Waals surface area contributed by atoms with Crippen molar-refractivity contribution in [2.75, 3.05) is 18.9 Å². The van der Waals surface area contributed by atoms with Gasteiger partial charge in [-0.2, -0.15) is 0 Å². The van der Waals surface area contributed by atoms with E-state index in [1.54, 1.807) is 24.5 Å². The minimum atomic E-state index is -3.27. The fourth-order valence-corrected chi connectivity index (χ4v) is 5.66. The van der Waals surface area contributed by atoms with Crippen molar-refractivity contribution in [2.24, 2.45) is 0 Å². The lowest BCUT2D eigenvalue weighted by molar-refractivity contribution is 0.0998. The minimum absolute atomic E-state index is 0.0266. The van der Waals surface area contributed by atoms with E-state index in [4.69, 9.17) is 4.74 Å². The molecule has 27 heavy (non-hydrogen) atoms. The van der Waals surface area contributed by atoms with Gasteiger partial charge in [-0.25, -0.2) is 13.2 Å². The summed E-state index contributed by atoms with van der Waals surface area (Å²) in [5.74, 6) is -0.202. The van der Waals surface area contributed by atoms with E-state index in [-0.39, 0.29) is 36.4 Å². The number of carbonyl (C=O) groups is 1. The van der Waals surface area contributed by atoms with Crippen molar-refractivity contribution >= 4 is 15.9 Å². The van der Waals surface area contributed by atoms with Gasteiger partial charge in [0.25, 0.3) is 0 Å². The van der Waals surface area contributed by atoms with Crippen LogP contribution in [0.2, 0.25) is 0 Å². The van der Waals surface area contributed by atoms with Crippen LogP contribution in [0.15, 0.2) is 53.7 Å². The Balaban J connectivity index is 1.37. The molecular formula is C19H21N3O4S. The maximum atomic E-state index is 12.4. The van der Waals surface area contributed by atoms with Crippen LogP contribution in [0.25, 0.3) is 0 Å². The van der Waals surface area contributed by atoms with E-state index in [9.17, 15) is 13.2 Å². The van der Waals surface area contributed by atoms with E-state index < -0.39 is 9.84 Å². The summed E-state index contributed by atoms with van der Waals surface area (Å²) in [7, 11) is -3.27. The highest BCUT2D eigenvalue weighted by Crippen LogP contribution is 2.34. The van der Waals surface area contributed by atoms with Gasteiger partial charge >= 0.3 is 6.03 Å². The van der Waals surface area contributed by atoms with Crippen molar-refractivity contribution in [3.05, 3.63) is 59.9 Å². The number of amides is 2. The van der Waals surface area contributed by atoms with Crippen molar-refractivity contribution in [3.8, 4) is 0 Å². The number of aromatic nitrogens is 1. The molecule has 1 unspecified atom stereocenters. The molecule has 0 radical (unpaired) electrons. The first-order valence-corrected chi connectivity index (χ1v) is 10.6. The largest absolute Gasteiger partial charge is 0.371 e. The van der Waals surface area contributed by atoms with Crippen LogP contribution in [-0.4, -0.2) is 44.4 Å². The summed E-state index contributed by atoms with van der Waals surface area (Å²) in [5, 5.41) is 5.77. The van der Waals surface area contributed by atoms with Crippen molar-refractivity contribution in [3.63, 3.8) is 0 Å². The van der Waals surface area contributed by atoms with Crippen LogP contribution in [-0.2, 0) is 14.6 Å². The number of nitrogens with zero attached hydrogens (tertiary/aromatic N) is 1. The Kier molecular flexibility index (Phi) is 4.84. The Morgan fingerprint density at radius 2 is 1.96 bits per heavy atom. The Labute approximate surface area is 158 Å². The van der Waals surface area contributed by atoms with Crippen molar-refractivity contribution in [1.29, 1.82) is 0 Å². The molecule has 3 heterocycles. The quantitative estimate of drug-likeness (QED) is 0.834. The molecule has 1 aromatic heterocycles. The van der Waals surface area contributed by atoms with Gasteiger partial charge < -0.3 is 15.4 Å². The molecule has 3 atom stereocenters. The number of ether oxygens (including phenoxy) is 1. The average molecular weight is 387 g/mol. The van der Waals surface area contributed by atoms with E-state index in [1.165, 1.54) is 0 Å². The Bertz CT molecular complexity index is 933. The van der Waals surface area contributed by atoms with Gasteiger partial charge in [-0.05, 0) is 35.7 Å². The second-order valence-corrected chi connectivity index (χ2v) is 8.84. The summed E-state index contributed by atoms with van der Waals surface area (Å²) in [4.78, 5) is 16.7. The standard InChI is InChI=1S/C19H21N3O4S/c23-19(22-16-7-10-26-18(16)13-5-8-20-9-6-13)21-11-14-12-27(24,25)17-4-2-1-3-15(14)17/h1-6,8-9,14,16,18H,7,10-12H2,(H2,21,22,23)/t14?,16-,18+/m0/s1. The Hall–Kier alpha value is -2.45. The molecule has 0 spiro atoms. The SMILES string of the molecule is O=C(NCC1CS(=O)(=O)c2ccccc21)N[C@H]1CCO[C@@H]1c1ccncc1. The predicted octanol–water partition coefficient (Wildman–Crippen LogP) is 1.78. The van der Waals surface area contributed by atoms with Gasteiger partial charge in [0.1, 0.15) is 6.10 Å². The Morgan fingerprint density at radius 3 is 2.78 bits per heavy atom. The number of rotatable bonds is 4. The van der Waals surface area contributed by atoms with Gasteiger partial charge in [-0.15, -0.1) is 0 Å². The van der Waals surface area contributed by atoms with Gasteiger partial charge in [0, 0.05) is 31.5 Å². The molecule has 0 saturated carbocycles. The van der Waals surface area contributed by atoms with Crippen LogP contribution in [0.5, 0.6) is 0 Å². The average Bonchev–Trinajstić information content (AvgIpc) is 3.23. The lowest BCUT2D eigenvalue weighted by atomic mass is 10.0. The zero-order valence-electron chi connectivity index (χ0n) is 14.7. The number of urea groups is 1. The van der Waals surface area contributed by atoms with E-state index in [2.05, 4.69) is 15.6 Å². The summed E-state index contributed by atoms with van der Waals surface area (Å²) < 4.78 is 30.2. The molecule has 4 rings (SSSR count). The molecule has 142 valence electrons. The lowest BCUT2D eigenvalue weighted by Gasteiger charge is -2.21. The summed E-state index contributed by atoms with van der Waals surface area (Å²) in [6.45, 7) is 0.849. The highest BCUT2D eigenvalue weighted by Gasteiger charge is 2.35. The number of hydrogen-bond acceptors (Lipinski definition) is 5. The molecule has 2 aliphatic heterocycles. The number of pyridine rings is 1. The first kappa shape index (κ1) is 17.9. The van der Waals surface area contributed by atoms with Gasteiger partial charge in [0.2, 0.25) is 0 Å². The number of nitrogens with one attached hydrogen (secondary N) is 2. The first-order chi connectivity index (χ1) is 13.0. The zero-order valence-corrected chi connectivity index (χ0v) is 15.5. The minimum Gasteiger partial charge on any atom is -0.371 e. The Morgan fingerprint density at radius 1 is 1.19 bits per heavy atom. The first-order valence-electron chi connectivity index (χ1n) is 8.92. The molecule has 1 aromatic carbocycles. The third kappa shape index (κ3) is 3.68. The fraction of sp³-hybridized carbons (Fsp3) is 0.368. The van der Waals surface area contributed by atoms with Gasteiger partial charge in [0.05, 0.1) is 16.7 Å². The molecule has 1 saturated heterocycles. The second-order valence-electron chi connectivity index (χ2n) is 6.84. The van der Waals surface area contributed by atoms with Gasteiger partial charge in [-0.1, -0.05) is 18.2 Å². The molecule has 2 N–H and O–H groups in total. The number of fused-ring (bicyclic) bond motifs is 1. The third-order valence-electron chi connectivity index (χ3n) is 5.07. The molecule has 2 aliphatic rings. The van der Waals surface area contributed by atoms with E-state index in [1.807, 2.05) is 24.3 Å². The van der Waals surface area contributed by atoms with Gasteiger partial charge in [-0.3, -0.25) is 4.98 Å². The summed E-state index contributed by atoms with van der Waals surface area (Å²) in [6.07, 6.45) is 3.92. The van der Waals surface area contributed by atoms with Crippen molar-refractivity contribution in [1.82, 2.24) is 15.6 Å². The molecule has 2 aromatic rings. The van der Waals surface area contributed by atoms with Crippen LogP contribution in [0.4, 0.5) is 4.79 Å². The van der Waals surface area contributed by atoms with Crippen LogP contribution >= 0.6 is 0 Å². The van der Waals surface area contributed by atoms with E-state index in [0.29, 0.717) is 11.5 Å². The topological polar surface area (TPSA) is 97.4 Å². The number of hydrogen-bond donors (Lipinski definition) is 2. The smallest absolute Gasteiger partial charge is 0.315 e. The van der Waals surface area contributed by atoms with E-state index in [0.717, 1.165) is 17.5 Å². The second kappa shape index (κ2) is 7.28. The van der Waals surface area contributed by atoms with Crippen molar-refractivity contribution in [2.45, 2.75) is 29.4 Å².